The molecule has 1 unspecified atom stereocenters. The van der Waals surface area contributed by atoms with E-state index in [1.54, 1.807) is 6.92 Å². The molecule has 3 heteroatoms. The summed E-state index contributed by atoms with van der Waals surface area (Å²) in [4.78, 5) is 12.7. The molecule has 1 fully saturated rings. The van der Waals surface area contributed by atoms with E-state index in [9.17, 15) is 4.79 Å². The molecule has 0 spiro atoms. The summed E-state index contributed by atoms with van der Waals surface area (Å²) in [7, 11) is 1.98. The number of nitrogens with zero attached hydrogens (tertiary/aromatic N) is 1. The van der Waals surface area contributed by atoms with Crippen LogP contribution in [0, 0.1) is 0 Å². The molecule has 0 saturated carbocycles. The molecule has 0 aliphatic carbocycles. The van der Waals surface area contributed by atoms with Crippen molar-refractivity contribution in [2.45, 2.75) is 19.4 Å². The maximum absolute atomic E-state index is 10.6. The van der Waals surface area contributed by atoms with Gasteiger partial charge >= 0.3 is 0 Å². The van der Waals surface area contributed by atoms with Gasteiger partial charge in [0.15, 0.2) is 7.98 Å². The zero-order valence-corrected chi connectivity index (χ0v) is 5.35. The first kappa shape index (κ1) is 5.82. The topological polar surface area (TPSA) is 20.3 Å². The zero-order chi connectivity index (χ0) is 6.15. The lowest BCUT2D eigenvalue weighted by atomic mass is 9.95. The fourth-order valence-corrected chi connectivity index (χ4v) is 1.03. The summed E-state index contributed by atoms with van der Waals surface area (Å²) >= 11 is 0. The van der Waals surface area contributed by atoms with E-state index in [0.29, 0.717) is 5.78 Å². The molecule has 1 aliphatic rings. The Bertz CT molecular complexity index is 115. The molecule has 1 saturated heterocycles. The van der Waals surface area contributed by atoms with Crippen molar-refractivity contribution in [2.24, 2.45) is 0 Å². The van der Waals surface area contributed by atoms with Crippen LogP contribution in [0.5, 0.6) is 0 Å². The van der Waals surface area contributed by atoms with Gasteiger partial charge in [-0.3, -0.25) is 4.79 Å². The van der Waals surface area contributed by atoms with Gasteiger partial charge in [0.2, 0.25) is 0 Å². The maximum atomic E-state index is 10.6. The van der Waals surface area contributed by atoms with Crippen molar-refractivity contribution in [3.05, 3.63) is 0 Å². The minimum Gasteiger partial charge on any atom is -0.340 e. The third-order valence-electron chi connectivity index (χ3n) is 1.76. The highest BCUT2D eigenvalue weighted by molar-refractivity contribution is 6.07. The SMILES string of the molecule is BN1CCC1C(C)=O. The van der Waals surface area contributed by atoms with Crippen molar-refractivity contribution in [1.82, 2.24) is 4.81 Å². The van der Waals surface area contributed by atoms with Crippen molar-refractivity contribution in [3.8, 4) is 0 Å². The number of carbonyl (C=O) groups is 1. The smallest absolute Gasteiger partial charge is 0.186 e. The highest BCUT2D eigenvalue weighted by atomic mass is 16.1. The summed E-state index contributed by atoms with van der Waals surface area (Å²) in [6, 6.07) is 0.245. The Morgan fingerprint density at radius 1 is 1.88 bits per heavy atom. The van der Waals surface area contributed by atoms with Gasteiger partial charge in [0.25, 0.3) is 0 Å². The minimum atomic E-state index is 0.245. The number of hydrogen-bond acceptors (Lipinski definition) is 2. The van der Waals surface area contributed by atoms with Gasteiger partial charge in [-0.05, 0) is 19.9 Å². The summed E-state index contributed by atoms with van der Waals surface area (Å²) in [5.74, 6) is 0.304. The first-order valence-electron chi connectivity index (χ1n) is 2.92. The quantitative estimate of drug-likeness (QED) is 0.413. The van der Waals surface area contributed by atoms with Gasteiger partial charge < -0.3 is 4.81 Å². The van der Waals surface area contributed by atoms with Crippen LogP contribution in [-0.2, 0) is 4.79 Å². The van der Waals surface area contributed by atoms with Crippen molar-refractivity contribution in [1.29, 1.82) is 0 Å². The molecular formula is C5H10BNO. The Kier molecular flexibility index (Phi) is 1.38. The summed E-state index contributed by atoms with van der Waals surface area (Å²) < 4.78 is 0. The van der Waals surface area contributed by atoms with Gasteiger partial charge in [-0.15, -0.1) is 0 Å². The third kappa shape index (κ3) is 0.779. The summed E-state index contributed by atoms with van der Waals surface area (Å²) in [5, 5.41) is 0. The predicted octanol–water partition coefficient (Wildman–Crippen LogP) is -0.802. The van der Waals surface area contributed by atoms with Crippen LogP contribution in [0.15, 0.2) is 0 Å². The largest absolute Gasteiger partial charge is 0.340 e. The van der Waals surface area contributed by atoms with Gasteiger partial charge in [0, 0.05) is 0 Å². The summed E-state index contributed by atoms with van der Waals surface area (Å²) in [5.41, 5.74) is 0. The Morgan fingerprint density at radius 3 is 2.50 bits per heavy atom. The molecule has 2 nitrogen and oxygen atoms in total. The van der Waals surface area contributed by atoms with Crippen LogP contribution in [0.4, 0.5) is 0 Å². The molecule has 0 aromatic heterocycles. The molecule has 1 rings (SSSR count). The minimum absolute atomic E-state index is 0.245. The first-order valence-corrected chi connectivity index (χ1v) is 2.92. The van der Waals surface area contributed by atoms with E-state index >= 15 is 0 Å². The van der Waals surface area contributed by atoms with Gasteiger partial charge in [-0.2, -0.15) is 0 Å². The second-order valence-corrected chi connectivity index (χ2v) is 2.40. The van der Waals surface area contributed by atoms with Crippen LogP contribution in [0.3, 0.4) is 0 Å². The number of ketones is 1. The lowest BCUT2D eigenvalue weighted by Gasteiger charge is -2.36. The van der Waals surface area contributed by atoms with E-state index in [4.69, 9.17) is 0 Å². The van der Waals surface area contributed by atoms with Gasteiger partial charge in [-0.25, -0.2) is 0 Å². The van der Waals surface area contributed by atoms with E-state index < -0.39 is 0 Å². The molecule has 0 aromatic rings. The summed E-state index contributed by atoms with van der Waals surface area (Å²) in [6.45, 7) is 2.74. The lowest BCUT2D eigenvalue weighted by Crippen LogP contribution is -2.49. The normalized spacial score (nSPS) is 29.4. The Balaban J connectivity index is 2.37. The van der Waals surface area contributed by atoms with Crippen LogP contribution in [0.1, 0.15) is 13.3 Å². The molecular weight excluding hydrogens is 101 g/mol. The molecule has 1 atom stereocenters. The third-order valence-corrected chi connectivity index (χ3v) is 1.76. The summed E-state index contributed by atoms with van der Waals surface area (Å²) in [6.07, 6.45) is 1.06. The second-order valence-electron chi connectivity index (χ2n) is 2.40. The van der Waals surface area contributed by atoms with Crippen molar-refractivity contribution < 1.29 is 4.79 Å². The van der Waals surface area contributed by atoms with Crippen molar-refractivity contribution >= 4 is 13.8 Å². The average Bonchev–Trinajstić information content (AvgIpc) is 1.61. The van der Waals surface area contributed by atoms with Crippen LogP contribution in [0.25, 0.3) is 0 Å². The first-order chi connectivity index (χ1) is 3.72. The highest BCUT2D eigenvalue weighted by Gasteiger charge is 2.26. The van der Waals surface area contributed by atoms with E-state index in [0.717, 1.165) is 13.0 Å². The second kappa shape index (κ2) is 1.90. The molecule has 0 N–H and O–H groups in total. The van der Waals surface area contributed by atoms with Gasteiger partial charge in [0.05, 0.1) is 6.04 Å². The molecule has 1 heterocycles. The lowest BCUT2D eigenvalue weighted by molar-refractivity contribution is -0.123. The van der Waals surface area contributed by atoms with E-state index in [-0.39, 0.29) is 6.04 Å². The Morgan fingerprint density at radius 2 is 2.50 bits per heavy atom. The average molecular weight is 111 g/mol. The number of rotatable bonds is 1. The molecule has 1 aliphatic heterocycles. The standard InChI is InChI=1S/C5H10BNO/c1-4(8)5-2-3-7(5)6/h5H,2-3,6H2,1H3. The van der Waals surface area contributed by atoms with Crippen molar-refractivity contribution in [2.75, 3.05) is 6.54 Å². The monoisotopic (exact) mass is 111 g/mol. The Hall–Kier alpha value is -0.305. The molecule has 0 amide bonds. The van der Waals surface area contributed by atoms with E-state index in [1.807, 2.05) is 7.98 Å². The highest BCUT2D eigenvalue weighted by Crippen LogP contribution is 2.13. The molecule has 8 heavy (non-hydrogen) atoms. The zero-order valence-electron chi connectivity index (χ0n) is 5.35. The predicted molar refractivity (Wildman–Crippen MR) is 34.3 cm³/mol. The number of hydrogen-bond donors (Lipinski definition) is 0. The van der Waals surface area contributed by atoms with Crippen molar-refractivity contribution in [3.63, 3.8) is 0 Å². The molecule has 0 radical (unpaired) electrons. The molecule has 44 valence electrons. The fraction of sp³-hybridized carbons (Fsp3) is 0.800. The molecule has 0 bridgehead atoms. The van der Waals surface area contributed by atoms with Crippen LogP contribution in [-0.4, -0.2) is 31.2 Å². The number of carbonyl (C=O) groups excluding carboxylic acids is 1. The number of Topliss-reactive ketones (excluding diaryl/α,β-unsaturated/α-hetero) is 1. The van der Waals surface area contributed by atoms with Gasteiger partial charge in [0.1, 0.15) is 5.78 Å². The maximum Gasteiger partial charge on any atom is 0.186 e. The van der Waals surface area contributed by atoms with E-state index in [1.165, 1.54) is 0 Å². The van der Waals surface area contributed by atoms with Gasteiger partial charge in [-0.1, -0.05) is 0 Å². The van der Waals surface area contributed by atoms with Crippen LogP contribution < -0.4 is 0 Å². The van der Waals surface area contributed by atoms with Crippen LogP contribution in [0.2, 0.25) is 0 Å². The Labute approximate surface area is 50.3 Å². The van der Waals surface area contributed by atoms with E-state index in [2.05, 4.69) is 4.81 Å². The van der Waals surface area contributed by atoms with Crippen LogP contribution >= 0.6 is 0 Å². The fourth-order valence-electron chi connectivity index (χ4n) is 1.03. The molecule has 0 aromatic carbocycles.